The van der Waals surface area contributed by atoms with Gasteiger partial charge < -0.3 is 30.5 Å². The third kappa shape index (κ3) is 8.57. The van der Waals surface area contributed by atoms with Gasteiger partial charge in [0.15, 0.2) is 0 Å². The molecule has 2 saturated heterocycles. The number of hydrogen-bond donors (Lipinski definition) is 3. The van der Waals surface area contributed by atoms with E-state index < -0.39 is 18.1 Å². The fourth-order valence-electron chi connectivity index (χ4n) is 6.40. The number of amides is 3. The number of likely N-dealkylation sites (N-methyl/N-ethyl adjacent to an activating group) is 1. The Morgan fingerprint density at radius 3 is 2.42 bits per heavy atom. The Labute approximate surface area is 256 Å². The standard InChI is InChI=1S/C34H49N5O4/c1-5-38(3)22-20-26-13-14-27-15-18-30(33(41)36-21-19-24-11-16-28(43-4)17-12-24)39(27)34(42)31(26)37-32(40)29(35-2)23-25-9-7-6-8-10-25/h6-12,16-17,26-27,29-31,35H,5,13-15,18-23H2,1-4H3,(H,36,41)(H,37,40)/t26?,27?,29-,30+,31?/m1/s1. The van der Waals surface area contributed by atoms with E-state index in [0.717, 1.165) is 55.6 Å². The largest absolute Gasteiger partial charge is 0.497 e. The molecule has 0 bridgehead atoms. The van der Waals surface area contributed by atoms with E-state index in [0.29, 0.717) is 25.8 Å². The quantitative estimate of drug-likeness (QED) is 0.312. The van der Waals surface area contributed by atoms with Crippen LogP contribution in [0.1, 0.15) is 50.2 Å². The minimum absolute atomic E-state index is 0.00376. The summed E-state index contributed by atoms with van der Waals surface area (Å²) in [5.74, 6) is 0.380. The number of ether oxygens (including phenoxy) is 1. The highest BCUT2D eigenvalue weighted by atomic mass is 16.5. The van der Waals surface area contributed by atoms with Crippen molar-refractivity contribution in [3.05, 3.63) is 65.7 Å². The van der Waals surface area contributed by atoms with Crippen molar-refractivity contribution in [3.8, 4) is 5.75 Å². The van der Waals surface area contributed by atoms with Crippen molar-refractivity contribution >= 4 is 17.7 Å². The van der Waals surface area contributed by atoms with E-state index in [2.05, 4.69) is 34.8 Å². The van der Waals surface area contributed by atoms with Crippen LogP contribution in [0.25, 0.3) is 0 Å². The number of nitrogens with one attached hydrogen (secondary N) is 3. The lowest BCUT2D eigenvalue weighted by atomic mass is 9.89. The monoisotopic (exact) mass is 591 g/mol. The van der Waals surface area contributed by atoms with Gasteiger partial charge in [-0.05, 0) is 101 Å². The Morgan fingerprint density at radius 1 is 1.02 bits per heavy atom. The highest BCUT2D eigenvalue weighted by molar-refractivity contribution is 5.94. The fourth-order valence-corrected chi connectivity index (χ4v) is 6.40. The van der Waals surface area contributed by atoms with Gasteiger partial charge in [0.1, 0.15) is 17.8 Å². The first-order chi connectivity index (χ1) is 20.8. The molecule has 3 unspecified atom stereocenters. The molecule has 234 valence electrons. The molecule has 2 aliphatic heterocycles. The maximum atomic E-state index is 14.3. The van der Waals surface area contributed by atoms with Crippen molar-refractivity contribution in [3.63, 3.8) is 0 Å². The predicted octanol–water partition coefficient (Wildman–Crippen LogP) is 2.78. The normalized spacial score (nSPS) is 22.5. The minimum atomic E-state index is -0.665. The third-order valence-corrected chi connectivity index (χ3v) is 9.21. The van der Waals surface area contributed by atoms with E-state index in [-0.39, 0.29) is 29.7 Å². The molecule has 2 fully saturated rings. The second kappa shape index (κ2) is 15.9. The van der Waals surface area contributed by atoms with E-state index in [1.165, 1.54) is 0 Å². The summed E-state index contributed by atoms with van der Waals surface area (Å²) >= 11 is 0. The van der Waals surface area contributed by atoms with Crippen molar-refractivity contribution in [2.24, 2.45) is 5.92 Å². The highest BCUT2D eigenvalue weighted by Gasteiger charge is 2.47. The average molecular weight is 592 g/mol. The smallest absolute Gasteiger partial charge is 0.246 e. The maximum absolute atomic E-state index is 14.3. The van der Waals surface area contributed by atoms with Gasteiger partial charge in [0.25, 0.3) is 0 Å². The van der Waals surface area contributed by atoms with Gasteiger partial charge in [-0.15, -0.1) is 0 Å². The van der Waals surface area contributed by atoms with E-state index in [9.17, 15) is 14.4 Å². The van der Waals surface area contributed by atoms with Gasteiger partial charge in [0.05, 0.1) is 13.2 Å². The Balaban J connectivity index is 1.46. The Kier molecular flexibility index (Phi) is 12.0. The van der Waals surface area contributed by atoms with Crippen molar-refractivity contribution in [1.29, 1.82) is 0 Å². The van der Waals surface area contributed by atoms with Crippen LogP contribution in [0.3, 0.4) is 0 Å². The molecule has 5 atom stereocenters. The van der Waals surface area contributed by atoms with Gasteiger partial charge in [-0.25, -0.2) is 0 Å². The van der Waals surface area contributed by atoms with Crippen molar-refractivity contribution in [2.45, 2.75) is 76.0 Å². The predicted molar refractivity (Wildman–Crippen MR) is 169 cm³/mol. The molecule has 9 nitrogen and oxygen atoms in total. The second-order valence-corrected chi connectivity index (χ2v) is 11.9. The maximum Gasteiger partial charge on any atom is 0.246 e. The SMILES string of the molecule is CCN(C)CCC1CCC2CC[C@@H](C(=O)NCCc3ccc(OC)cc3)N2C(=O)C1NC(=O)[C@@H](Cc1ccccc1)NC. The molecule has 0 spiro atoms. The molecule has 0 radical (unpaired) electrons. The van der Waals surface area contributed by atoms with Gasteiger partial charge >= 0.3 is 0 Å². The molecule has 2 aromatic carbocycles. The molecule has 43 heavy (non-hydrogen) atoms. The molecular formula is C34H49N5O4. The zero-order valence-corrected chi connectivity index (χ0v) is 26.2. The lowest BCUT2D eigenvalue weighted by Crippen LogP contribution is -2.58. The number of carbonyl (C=O) groups excluding carboxylic acids is 3. The molecule has 2 aliphatic rings. The van der Waals surface area contributed by atoms with Crippen LogP contribution in [-0.4, -0.2) is 92.5 Å². The highest BCUT2D eigenvalue weighted by Crippen LogP contribution is 2.35. The number of nitrogens with zero attached hydrogens (tertiary/aromatic N) is 2. The van der Waals surface area contributed by atoms with Crippen LogP contribution in [0.2, 0.25) is 0 Å². The fraction of sp³-hybridized carbons (Fsp3) is 0.559. The number of rotatable bonds is 14. The summed E-state index contributed by atoms with van der Waals surface area (Å²) in [5.41, 5.74) is 2.16. The molecule has 0 aliphatic carbocycles. The van der Waals surface area contributed by atoms with Crippen LogP contribution in [0.4, 0.5) is 0 Å². The summed E-state index contributed by atoms with van der Waals surface area (Å²) in [7, 11) is 5.49. The van der Waals surface area contributed by atoms with Crippen LogP contribution in [0, 0.1) is 5.92 Å². The third-order valence-electron chi connectivity index (χ3n) is 9.21. The Morgan fingerprint density at radius 2 is 1.74 bits per heavy atom. The van der Waals surface area contributed by atoms with Gasteiger partial charge in [-0.3, -0.25) is 14.4 Å². The zero-order valence-electron chi connectivity index (χ0n) is 26.2. The molecule has 4 rings (SSSR count). The number of carbonyl (C=O) groups is 3. The molecule has 0 saturated carbocycles. The summed E-state index contributed by atoms with van der Waals surface area (Å²) in [4.78, 5) is 45.4. The number of methoxy groups -OCH3 is 1. The van der Waals surface area contributed by atoms with Crippen LogP contribution in [-0.2, 0) is 27.2 Å². The van der Waals surface area contributed by atoms with E-state index in [4.69, 9.17) is 4.74 Å². The van der Waals surface area contributed by atoms with Crippen molar-refractivity contribution in [1.82, 2.24) is 25.8 Å². The zero-order chi connectivity index (χ0) is 30.8. The van der Waals surface area contributed by atoms with Crippen LogP contribution < -0.4 is 20.7 Å². The van der Waals surface area contributed by atoms with E-state index in [1.54, 1.807) is 14.2 Å². The lowest BCUT2D eigenvalue weighted by Gasteiger charge is -2.33. The molecule has 3 N–H and O–H groups in total. The van der Waals surface area contributed by atoms with Gasteiger partial charge in [0, 0.05) is 12.6 Å². The molecular weight excluding hydrogens is 542 g/mol. The molecule has 0 aromatic heterocycles. The van der Waals surface area contributed by atoms with E-state index in [1.807, 2.05) is 59.5 Å². The summed E-state index contributed by atoms with van der Waals surface area (Å²) < 4.78 is 5.23. The summed E-state index contributed by atoms with van der Waals surface area (Å²) in [6.07, 6.45) is 5.15. The van der Waals surface area contributed by atoms with Gasteiger partial charge in [-0.1, -0.05) is 49.4 Å². The molecule has 2 heterocycles. The Hall–Kier alpha value is -3.43. The van der Waals surface area contributed by atoms with Crippen LogP contribution >= 0.6 is 0 Å². The summed E-state index contributed by atoms with van der Waals surface area (Å²) in [5, 5.41) is 9.39. The molecule has 9 heteroatoms. The Bertz CT molecular complexity index is 1190. The minimum Gasteiger partial charge on any atom is -0.497 e. The summed E-state index contributed by atoms with van der Waals surface area (Å²) in [6, 6.07) is 16.1. The van der Waals surface area contributed by atoms with E-state index >= 15 is 0 Å². The van der Waals surface area contributed by atoms with Gasteiger partial charge in [-0.2, -0.15) is 0 Å². The first-order valence-corrected chi connectivity index (χ1v) is 15.8. The summed E-state index contributed by atoms with van der Waals surface area (Å²) in [6.45, 7) is 4.38. The number of fused-ring (bicyclic) bond motifs is 1. The second-order valence-electron chi connectivity index (χ2n) is 11.9. The first kappa shape index (κ1) is 32.5. The number of hydrogen-bond acceptors (Lipinski definition) is 6. The van der Waals surface area contributed by atoms with Crippen LogP contribution in [0.5, 0.6) is 5.75 Å². The van der Waals surface area contributed by atoms with Gasteiger partial charge in [0.2, 0.25) is 17.7 Å². The molecule has 2 aromatic rings. The topological polar surface area (TPSA) is 103 Å². The van der Waals surface area contributed by atoms with Crippen molar-refractivity contribution in [2.75, 3.05) is 40.8 Å². The molecule has 3 amide bonds. The number of benzene rings is 2. The lowest BCUT2D eigenvalue weighted by molar-refractivity contribution is -0.143. The van der Waals surface area contributed by atoms with Crippen molar-refractivity contribution < 1.29 is 19.1 Å². The average Bonchev–Trinajstić information content (AvgIpc) is 3.42. The van der Waals surface area contributed by atoms with Crippen LogP contribution in [0.15, 0.2) is 54.6 Å². The first-order valence-electron chi connectivity index (χ1n) is 15.8.